The van der Waals surface area contributed by atoms with Gasteiger partial charge in [-0.05, 0) is 44.1 Å². The van der Waals surface area contributed by atoms with Crippen molar-refractivity contribution in [2.45, 2.75) is 44.7 Å². The third-order valence-corrected chi connectivity index (χ3v) is 3.85. The Morgan fingerprint density at radius 2 is 2.15 bits per heavy atom. The topological polar surface area (TPSA) is 79.2 Å². The first-order valence-corrected chi connectivity index (χ1v) is 7.40. The maximum absolute atomic E-state index is 11.7. The summed E-state index contributed by atoms with van der Waals surface area (Å²) in [5.41, 5.74) is 0. The van der Waals surface area contributed by atoms with Crippen molar-refractivity contribution in [2.75, 3.05) is 13.2 Å². The van der Waals surface area contributed by atoms with Crippen molar-refractivity contribution in [3.63, 3.8) is 0 Å². The van der Waals surface area contributed by atoms with E-state index in [1.54, 1.807) is 6.20 Å². The summed E-state index contributed by atoms with van der Waals surface area (Å²) in [6, 6.07) is 2.06. The molecule has 0 spiro atoms. The Bertz CT molecular complexity index is 386. The molecule has 6 nitrogen and oxygen atoms in total. The number of carbonyl (C=O) groups excluding carboxylic acids is 1. The van der Waals surface area contributed by atoms with Gasteiger partial charge in [0.05, 0.1) is 0 Å². The minimum atomic E-state index is -0.0853. The Kier molecular flexibility index (Phi) is 5.86. The fraction of sp³-hybridized carbons (Fsp3) is 0.714. The minimum absolute atomic E-state index is 0.0853. The number of aromatic nitrogens is 2. The molecule has 2 rings (SSSR count). The molecule has 112 valence electrons. The van der Waals surface area contributed by atoms with Crippen LogP contribution in [0.15, 0.2) is 18.5 Å². The van der Waals surface area contributed by atoms with E-state index >= 15 is 0 Å². The van der Waals surface area contributed by atoms with Crippen LogP contribution in [0.4, 0.5) is 4.79 Å². The lowest BCUT2D eigenvalue weighted by Gasteiger charge is -2.27. The monoisotopic (exact) mass is 280 g/mol. The van der Waals surface area contributed by atoms with Gasteiger partial charge >= 0.3 is 6.03 Å². The number of hydrogen-bond acceptors (Lipinski definition) is 3. The van der Waals surface area contributed by atoms with Crippen LogP contribution in [-0.4, -0.2) is 40.1 Å². The van der Waals surface area contributed by atoms with Gasteiger partial charge in [0.25, 0.3) is 0 Å². The quantitative estimate of drug-likeness (QED) is 0.683. The highest BCUT2D eigenvalue weighted by Crippen LogP contribution is 2.23. The second-order valence-electron chi connectivity index (χ2n) is 5.42. The number of rotatable bonds is 6. The molecule has 3 N–H and O–H groups in total. The third-order valence-electron chi connectivity index (χ3n) is 3.85. The molecule has 1 aliphatic carbocycles. The van der Waals surface area contributed by atoms with Crippen LogP contribution in [0.1, 0.15) is 32.1 Å². The standard InChI is InChI=1S/C14H24N4O2/c19-11-12-3-5-13(6-4-12)17-14(20)15-7-1-9-18-10-2-8-16-18/h2,8,10,12-13,19H,1,3-7,9,11H2,(H2,15,17,20). The number of aliphatic hydroxyl groups is 1. The van der Waals surface area contributed by atoms with Crippen molar-refractivity contribution in [3.8, 4) is 0 Å². The van der Waals surface area contributed by atoms with E-state index in [0.717, 1.165) is 38.6 Å². The Hall–Kier alpha value is -1.56. The van der Waals surface area contributed by atoms with Gasteiger partial charge in [0.2, 0.25) is 0 Å². The van der Waals surface area contributed by atoms with Crippen molar-refractivity contribution < 1.29 is 9.90 Å². The molecule has 0 radical (unpaired) electrons. The molecule has 0 saturated heterocycles. The highest BCUT2D eigenvalue weighted by atomic mass is 16.3. The summed E-state index contributed by atoms with van der Waals surface area (Å²) in [6.07, 6.45) is 8.47. The first-order valence-electron chi connectivity index (χ1n) is 7.40. The van der Waals surface area contributed by atoms with Gasteiger partial charge in [-0.15, -0.1) is 0 Å². The largest absolute Gasteiger partial charge is 0.396 e. The second-order valence-corrected chi connectivity index (χ2v) is 5.42. The van der Waals surface area contributed by atoms with Gasteiger partial charge in [0, 0.05) is 38.1 Å². The fourth-order valence-electron chi connectivity index (χ4n) is 2.60. The average Bonchev–Trinajstić information content (AvgIpc) is 2.98. The summed E-state index contributed by atoms with van der Waals surface area (Å²) in [4.78, 5) is 11.7. The van der Waals surface area contributed by atoms with Crippen LogP contribution in [0.3, 0.4) is 0 Å². The molecule has 1 heterocycles. The van der Waals surface area contributed by atoms with Gasteiger partial charge in [-0.2, -0.15) is 5.10 Å². The highest BCUT2D eigenvalue weighted by molar-refractivity contribution is 5.74. The molecule has 0 aromatic carbocycles. The van der Waals surface area contributed by atoms with E-state index in [4.69, 9.17) is 5.11 Å². The van der Waals surface area contributed by atoms with Crippen LogP contribution in [0, 0.1) is 5.92 Å². The van der Waals surface area contributed by atoms with Crippen molar-refractivity contribution in [1.29, 1.82) is 0 Å². The maximum Gasteiger partial charge on any atom is 0.315 e. The molecular weight excluding hydrogens is 256 g/mol. The first kappa shape index (κ1) is 14.8. The van der Waals surface area contributed by atoms with Crippen LogP contribution in [-0.2, 0) is 6.54 Å². The van der Waals surface area contributed by atoms with Crippen LogP contribution in [0.2, 0.25) is 0 Å². The van der Waals surface area contributed by atoms with Gasteiger partial charge in [-0.3, -0.25) is 4.68 Å². The molecule has 20 heavy (non-hydrogen) atoms. The number of carbonyl (C=O) groups is 1. The van der Waals surface area contributed by atoms with Crippen molar-refractivity contribution in [2.24, 2.45) is 5.92 Å². The van der Waals surface area contributed by atoms with Crippen molar-refractivity contribution >= 4 is 6.03 Å². The Balaban J connectivity index is 1.54. The third kappa shape index (κ3) is 4.85. The number of nitrogens with zero attached hydrogens (tertiary/aromatic N) is 2. The van der Waals surface area contributed by atoms with Crippen LogP contribution in [0.5, 0.6) is 0 Å². The zero-order valence-electron chi connectivity index (χ0n) is 11.8. The normalized spacial score (nSPS) is 22.4. The molecule has 1 aromatic heterocycles. The summed E-state index contributed by atoms with van der Waals surface area (Å²) < 4.78 is 1.86. The smallest absolute Gasteiger partial charge is 0.315 e. The van der Waals surface area contributed by atoms with E-state index < -0.39 is 0 Å². The van der Waals surface area contributed by atoms with E-state index in [2.05, 4.69) is 15.7 Å². The number of urea groups is 1. The summed E-state index contributed by atoms with van der Waals surface area (Å²) >= 11 is 0. The van der Waals surface area contributed by atoms with E-state index in [1.807, 2.05) is 16.9 Å². The second kappa shape index (κ2) is 7.89. The number of aryl methyl sites for hydroxylation is 1. The van der Waals surface area contributed by atoms with Crippen molar-refractivity contribution in [3.05, 3.63) is 18.5 Å². The van der Waals surface area contributed by atoms with Gasteiger partial charge in [-0.1, -0.05) is 0 Å². The highest BCUT2D eigenvalue weighted by Gasteiger charge is 2.21. The fourth-order valence-corrected chi connectivity index (χ4v) is 2.60. The number of hydrogen-bond donors (Lipinski definition) is 3. The van der Waals surface area contributed by atoms with E-state index in [0.29, 0.717) is 12.5 Å². The zero-order chi connectivity index (χ0) is 14.2. The molecule has 0 atom stereocenters. The average molecular weight is 280 g/mol. The molecule has 0 bridgehead atoms. The Labute approximate surface area is 119 Å². The van der Waals surface area contributed by atoms with E-state index in [9.17, 15) is 4.79 Å². The number of nitrogens with one attached hydrogen (secondary N) is 2. The molecule has 2 amide bonds. The molecule has 0 aliphatic heterocycles. The van der Waals surface area contributed by atoms with Gasteiger partial charge in [0.1, 0.15) is 0 Å². The molecular formula is C14H24N4O2. The number of amides is 2. The summed E-state index contributed by atoms with van der Waals surface area (Å²) in [7, 11) is 0. The lowest BCUT2D eigenvalue weighted by molar-refractivity contribution is 0.174. The van der Waals surface area contributed by atoms with Crippen LogP contribution < -0.4 is 10.6 Å². The predicted octanol–water partition coefficient (Wildman–Crippen LogP) is 1.12. The zero-order valence-corrected chi connectivity index (χ0v) is 11.8. The maximum atomic E-state index is 11.7. The summed E-state index contributed by atoms with van der Waals surface area (Å²) in [5.74, 6) is 0.421. The lowest BCUT2D eigenvalue weighted by Crippen LogP contribution is -2.44. The van der Waals surface area contributed by atoms with E-state index in [1.165, 1.54) is 0 Å². The van der Waals surface area contributed by atoms with Gasteiger partial charge in [-0.25, -0.2) is 4.79 Å². The lowest BCUT2D eigenvalue weighted by atomic mass is 9.87. The van der Waals surface area contributed by atoms with Crippen LogP contribution in [0.25, 0.3) is 0 Å². The van der Waals surface area contributed by atoms with E-state index in [-0.39, 0.29) is 18.7 Å². The van der Waals surface area contributed by atoms with Crippen molar-refractivity contribution in [1.82, 2.24) is 20.4 Å². The molecule has 1 fully saturated rings. The molecule has 1 saturated carbocycles. The Morgan fingerprint density at radius 1 is 1.35 bits per heavy atom. The molecule has 1 aromatic rings. The Morgan fingerprint density at radius 3 is 2.80 bits per heavy atom. The number of aliphatic hydroxyl groups excluding tert-OH is 1. The minimum Gasteiger partial charge on any atom is -0.396 e. The van der Waals surface area contributed by atoms with Gasteiger partial charge in [0.15, 0.2) is 0 Å². The molecule has 0 unspecified atom stereocenters. The first-order chi connectivity index (χ1) is 9.78. The van der Waals surface area contributed by atoms with Gasteiger partial charge < -0.3 is 15.7 Å². The molecule has 1 aliphatic rings. The molecule has 6 heteroatoms. The summed E-state index contributed by atoms with van der Waals surface area (Å²) in [6.45, 7) is 1.74. The SMILES string of the molecule is O=C(NCCCn1cccn1)NC1CCC(CO)CC1. The summed E-state index contributed by atoms with van der Waals surface area (Å²) in [5, 5.41) is 19.1. The predicted molar refractivity (Wildman–Crippen MR) is 76.2 cm³/mol. The van der Waals surface area contributed by atoms with Crippen LogP contribution >= 0.6 is 0 Å².